The lowest BCUT2D eigenvalue weighted by atomic mass is 9.76. The van der Waals surface area contributed by atoms with Gasteiger partial charge in [0.15, 0.2) is 5.79 Å². The standard InChI is InChI=1S/C23H34O2/c1-2-3-18-4-6-19(7-5-18)20-8-10-21(11-9-20)22-12-14-23(15-13-22)24-16-17-25-23/h8-11,18-19,22H,2-7,12-17H2,1H3. The lowest BCUT2D eigenvalue weighted by Crippen LogP contribution is -2.34. The molecule has 0 N–H and O–H groups in total. The Kier molecular flexibility index (Phi) is 5.47. The molecule has 0 aromatic heterocycles. The summed E-state index contributed by atoms with van der Waals surface area (Å²) in [4.78, 5) is 0. The van der Waals surface area contributed by atoms with Gasteiger partial charge in [-0.2, -0.15) is 0 Å². The van der Waals surface area contributed by atoms with Crippen molar-refractivity contribution in [2.24, 2.45) is 5.92 Å². The van der Waals surface area contributed by atoms with Crippen molar-refractivity contribution in [3.05, 3.63) is 35.4 Å². The fourth-order valence-electron chi connectivity index (χ4n) is 5.41. The van der Waals surface area contributed by atoms with Gasteiger partial charge in [0.25, 0.3) is 0 Å². The second kappa shape index (κ2) is 7.80. The maximum Gasteiger partial charge on any atom is 0.168 e. The molecule has 4 rings (SSSR count). The van der Waals surface area contributed by atoms with Gasteiger partial charge in [0, 0.05) is 12.8 Å². The van der Waals surface area contributed by atoms with E-state index in [0.29, 0.717) is 5.92 Å². The number of ether oxygens (including phenoxy) is 2. The van der Waals surface area contributed by atoms with Crippen molar-refractivity contribution < 1.29 is 9.47 Å². The van der Waals surface area contributed by atoms with Crippen LogP contribution in [0.2, 0.25) is 0 Å². The molecule has 1 saturated heterocycles. The van der Waals surface area contributed by atoms with E-state index in [4.69, 9.17) is 9.47 Å². The Morgan fingerprint density at radius 2 is 1.32 bits per heavy atom. The summed E-state index contributed by atoms with van der Waals surface area (Å²) in [5.74, 6) is 2.26. The van der Waals surface area contributed by atoms with Gasteiger partial charge in [-0.1, -0.05) is 44.0 Å². The molecule has 1 heterocycles. The summed E-state index contributed by atoms with van der Waals surface area (Å²) in [5, 5.41) is 0. The molecule has 1 aliphatic heterocycles. The Hall–Kier alpha value is -0.860. The van der Waals surface area contributed by atoms with Crippen molar-refractivity contribution in [2.45, 2.75) is 88.8 Å². The average Bonchev–Trinajstić information content (AvgIpc) is 3.12. The maximum atomic E-state index is 5.87. The van der Waals surface area contributed by atoms with Crippen LogP contribution in [0.5, 0.6) is 0 Å². The van der Waals surface area contributed by atoms with Crippen LogP contribution in [-0.2, 0) is 9.47 Å². The number of rotatable bonds is 4. The zero-order valence-corrected chi connectivity index (χ0v) is 15.8. The third-order valence-electron chi connectivity index (χ3n) is 6.98. The Morgan fingerprint density at radius 1 is 0.800 bits per heavy atom. The minimum Gasteiger partial charge on any atom is -0.348 e. The number of hydrogen-bond donors (Lipinski definition) is 0. The van der Waals surface area contributed by atoms with Crippen molar-refractivity contribution in [2.75, 3.05) is 13.2 Å². The smallest absolute Gasteiger partial charge is 0.168 e. The van der Waals surface area contributed by atoms with Crippen molar-refractivity contribution in [3.8, 4) is 0 Å². The van der Waals surface area contributed by atoms with Crippen LogP contribution in [0, 0.1) is 5.92 Å². The summed E-state index contributed by atoms with van der Waals surface area (Å²) < 4.78 is 11.7. The van der Waals surface area contributed by atoms with Crippen molar-refractivity contribution >= 4 is 0 Å². The largest absolute Gasteiger partial charge is 0.348 e. The van der Waals surface area contributed by atoms with Crippen LogP contribution >= 0.6 is 0 Å². The minimum absolute atomic E-state index is 0.229. The molecule has 1 spiro atoms. The first kappa shape index (κ1) is 17.5. The van der Waals surface area contributed by atoms with E-state index in [1.807, 2.05) is 0 Å². The molecule has 25 heavy (non-hydrogen) atoms. The third kappa shape index (κ3) is 3.95. The summed E-state index contributed by atoms with van der Waals surface area (Å²) >= 11 is 0. The minimum atomic E-state index is -0.229. The van der Waals surface area contributed by atoms with Gasteiger partial charge in [0.2, 0.25) is 0 Å². The first-order valence-electron chi connectivity index (χ1n) is 10.7. The van der Waals surface area contributed by atoms with Crippen LogP contribution in [0.4, 0.5) is 0 Å². The molecule has 1 aromatic carbocycles. The van der Waals surface area contributed by atoms with Crippen molar-refractivity contribution in [3.63, 3.8) is 0 Å². The fraction of sp³-hybridized carbons (Fsp3) is 0.739. The van der Waals surface area contributed by atoms with Crippen LogP contribution < -0.4 is 0 Å². The summed E-state index contributed by atoms with van der Waals surface area (Å²) in [6, 6.07) is 9.67. The molecule has 0 radical (unpaired) electrons. The lowest BCUT2D eigenvalue weighted by Gasteiger charge is -2.35. The van der Waals surface area contributed by atoms with Gasteiger partial charge in [-0.25, -0.2) is 0 Å². The Bertz CT molecular complexity index is 526. The van der Waals surface area contributed by atoms with Gasteiger partial charge < -0.3 is 9.47 Å². The van der Waals surface area contributed by atoms with E-state index < -0.39 is 0 Å². The van der Waals surface area contributed by atoms with E-state index in [0.717, 1.165) is 37.9 Å². The quantitative estimate of drug-likeness (QED) is 0.652. The van der Waals surface area contributed by atoms with Gasteiger partial charge in [0.1, 0.15) is 0 Å². The third-order valence-corrected chi connectivity index (χ3v) is 6.98. The molecular weight excluding hydrogens is 308 g/mol. The maximum absolute atomic E-state index is 5.87. The van der Waals surface area contributed by atoms with Crippen molar-refractivity contribution in [1.82, 2.24) is 0 Å². The van der Waals surface area contributed by atoms with E-state index in [-0.39, 0.29) is 5.79 Å². The fourth-order valence-corrected chi connectivity index (χ4v) is 5.41. The van der Waals surface area contributed by atoms with E-state index in [1.165, 1.54) is 56.9 Å². The molecule has 0 unspecified atom stereocenters. The molecule has 2 saturated carbocycles. The highest BCUT2D eigenvalue weighted by Crippen LogP contribution is 2.43. The lowest BCUT2D eigenvalue weighted by molar-refractivity contribution is -0.178. The van der Waals surface area contributed by atoms with E-state index in [2.05, 4.69) is 31.2 Å². The van der Waals surface area contributed by atoms with Gasteiger partial charge in [-0.05, 0) is 67.4 Å². The SMILES string of the molecule is CCCC1CCC(c2ccc(C3CCC4(CC3)OCCO4)cc2)CC1. The molecule has 1 aromatic rings. The zero-order chi connectivity index (χ0) is 17.1. The Balaban J connectivity index is 1.32. The molecule has 2 nitrogen and oxygen atoms in total. The van der Waals surface area contributed by atoms with Crippen LogP contribution in [-0.4, -0.2) is 19.0 Å². The van der Waals surface area contributed by atoms with E-state index in [1.54, 1.807) is 5.56 Å². The van der Waals surface area contributed by atoms with Gasteiger partial charge in [0.05, 0.1) is 13.2 Å². The second-order valence-electron chi connectivity index (χ2n) is 8.55. The molecule has 3 fully saturated rings. The van der Waals surface area contributed by atoms with Crippen LogP contribution in [0.3, 0.4) is 0 Å². The van der Waals surface area contributed by atoms with Crippen molar-refractivity contribution in [1.29, 1.82) is 0 Å². The zero-order valence-electron chi connectivity index (χ0n) is 15.8. The summed E-state index contributed by atoms with van der Waals surface area (Å²) in [6.07, 6.45) is 12.9. The van der Waals surface area contributed by atoms with E-state index in [9.17, 15) is 0 Å². The summed E-state index contributed by atoms with van der Waals surface area (Å²) in [7, 11) is 0. The van der Waals surface area contributed by atoms with Crippen LogP contribution in [0.25, 0.3) is 0 Å². The summed E-state index contributed by atoms with van der Waals surface area (Å²) in [6.45, 7) is 3.88. The molecule has 0 bridgehead atoms. The highest BCUT2D eigenvalue weighted by molar-refractivity contribution is 5.28. The predicted molar refractivity (Wildman–Crippen MR) is 102 cm³/mol. The van der Waals surface area contributed by atoms with Crippen LogP contribution in [0.1, 0.15) is 94.1 Å². The first-order valence-corrected chi connectivity index (χ1v) is 10.7. The van der Waals surface area contributed by atoms with Gasteiger partial charge >= 0.3 is 0 Å². The molecule has 138 valence electrons. The van der Waals surface area contributed by atoms with Gasteiger partial charge in [-0.15, -0.1) is 0 Å². The first-order chi connectivity index (χ1) is 12.3. The van der Waals surface area contributed by atoms with Gasteiger partial charge in [-0.3, -0.25) is 0 Å². The number of hydrogen-bond acceptors (Lipinski definition) is 2. The molecule has 2 aliphatic carbocycles. The normalized spacial score (nSPS) is 30.0. The Labute approximate surface area is 153 Å². The topological polar surface area (TPSA) is 18.5 Å². The highest BCUT2D eigenvalue weighted by Gasteiger charge is 2.40. The van der Waals surface area contributed by atoms with E-state index >= 15 is 0 Å². The highest BCUT2D eigenvalue weighted by atomic mass is 16.7. The summed E-state index contributed by atoms with van der Waals surface area (Å²) in [5.41, 5.74) is 3.10. The molecule has 0 amide bonds. The Morgan fingerprint density at radius 3 is 1.84 bits per heavy atom. The molecule has 3 aliphatic rings. The van der Waals surface area contributed by atoms with Crippen LogP contribution in [0.15, 0.2) is 24.3 Å². The number of benzene rings is 1. The predicted octanol–water partition coefficient (Wildman–Crippen LogP) is 6.16. The average molecular weight is 343 g/mol. The molecular formula is C23H34O2. The molecule has 2 heteroatoms. The monoisotopic (exact) mass is 342 g/mol. The molecule has 0 atom stereocenters. The second-order valence-corrected chi connectivity index (χ2v) is 8.55.